The Labute approximate surface area is 171 Å². The maximum Gasteiger partial charge on any atom is 0.225 e. The number of nitrogens with one attached hydrogen (secondary N) is 1. The van der Waals surface area contributed by atoms with Crippen molar-refractivity contribution in [2.75, 3.05) is 11.1 Å². The average molecular weight is 413 g/mol. The van der Waals surface area contributed by atoms with Crippen molar-refractivity contribution in [2.24, 2.45) is 0 Å². The maximum absolute atomic E-state index is 12.4. The quantitative estimate of drug-likeness (QED) is 0.642. The third kappa shape index (κ3) is 3.62. The van der Waals surface area contributed by atoms with Gasteiger partial charge < -0.3 is 5.32 Å². The third-order valence-corrected chi connectivity index (χ3v) is 6.89. The smallest absolute Gasteiger partial charge is 0.225 e. The van der Waals surface area contributed by atoms with Crippen LogP contribution in [-0.4, -0.2) is 31.2 Å². The minimum atomic E-state index is -0.0814. The zero-order chi connectivity index (χ0) is 19.7. The van der Waals surface area contributed by atoms with Gasteiger partial charge in [0.25, 0.3) is 0 Å². The Balaban J connectivity index is 1.40. The molecule has 0 spiro atoms. The van der Waals surface area contributed by atoms with Crippen molar-refractivity contribution in [1.29, 1.82) is 5.26 Å². The minimum Gasteiger partial charge on any atom is -0.317 e. The molecule has 0 unspecified atom stereocenters. The molecule has 0 aliphatic heterocycles. The molecule has 1 amide bonds. The molecule has 0 aromatic carbocycles. The molecular formula is C19H20N6OS2. The first-order valence-electron chi connectivity index (χ1n) is 9.23. The predicted molar refractivity (Wildman–Crippen MR) is 110 cm³/mol. The molecule has 0 saturated heterocycles. The van der Waals surface area contributed by atoms with E-state index in [-0.39, 0.29) is 5.91 Å². The Bertz CT molecular complexity index is 1090. The largest absolute Gasteiger partial charge is 0.317 e. The molecule has 7 nitrogen and oxygen atoms in total. The molecule has 0 atom stereocenters. The second-order valence-electron chi connectivity index (χ2n) is 6.79. The summed E-state index contributed by atoms with van der Waals surface area (Å²) in [5.74, 6) is 1.32. The van der Waals surface area contributed by atoms with E-state index in [9.17, 15) is 10.1 Å². The Kier molecular flexibility index (Phi) is 5.33. The van der Waals surface area contributed by atoms with Crippen LogP contribution in [0.4, 0.5) is 5.00 Å². The van der Waals surface area contributed by atoms with Crippen LogP contribution in [0.25, 0.3) is 5.65 Å². The summed E-state index contributed by atoms with van der Waals surface area (Å²) in [4.78, 5) is 18.1. The highest BCUT2D eigenvalue weighted by atomic mass is 32.2. The van der Waals surface area contributed by atoms with Crippen molar-refractivity contribution in [3.05, 3.63) is 33.6 Å². The molecule has 1 N–H and O–H groups in total. The van der Waals surface area contributed by atoms with Gasteiger partial charge in [-0.3, -0.25) is 9.20 Å². The number of thioether (sulfide) groups is 1. The third-order valence-electron chi connectivity index (χ3n) is 4.75. The summed E-state index contributed by atoms with van der Waals surface area (Å²) in [5.41, 5.74) is 3.46. The minimum absolute atomic E-state index is 0.0814. The van der Waals surface area contributed by atoms with Crippen molar-refractivity contribution in [1.82, 2.24) is 19.6 Å². The van der Waals surface area contributed by atoms with Gasteiger partial charge >= 0.3 is 0 Å². The fraction of sp³-hybridized carbons (Fsp3) is 0.421. The van der Waals surface area contributed by atoms with Gasteiger partial charge in [0.1, 0.15) is 16.9 Å². The molecule has 4 rings (SSSR count). The van der Waals surface area contributed by atoms with E-state index >= 15 is 0 Å². The van der Waals surface area contributed by atoms with Gasteiger partial charge in [-0.25, -0.2) is 4.98 Å². The van der Waals surface area contributed by atoms with E-state index in [2.05, 4.69) is 26.6 Å². The van der Waals surface area contributed by atoms with Crippen LogP contribution in [0.15, 0.2) is 11.2 Å². The number of carbonyl (C=O) groups excluding carboxylic acids is 1. The summed E-state index contributed by atoms with van der Waals surface area (Å²) in [6, 6.07) is 4.17. The normalized spacial score (nSPS) is 13.3. The maximum atomic E-state index is 12.4. The fourth-order valence-corrected chi connectivity index (χ4v) is 5.67. The van der Waals surface area contributed by atoms with Gasteiger partial charge in [-0.1, -0.05) is 11.8 Å². The van der Waals surface area contributed by atoms with Gasteiger partial charge in [0, 0.05) is 28.8 Å². The molecular weight excluding hydrogens is 392 g/mol. The van der Waals surface area contributed by atoms with Gasteiger partial charge in [0.2, 0.25) is 5.91 Å². The average Bonchev–Trinajstić information content (AvgIpc) is 3.22. The number of aromatic nitrogens is 4. The van der Waals surface area contributed by atoms with Crippen LogP contribution in [0.5, 0.6) is 0 Å². The van der Waals surface area contributed by atoms with E-state index in [1.54, 1.807) is 11.3 Å². The molecule has 28 heavy (non-hydrogen) atoms. The fourth-order valence-electron chi connectivity index (χ4n) is 3.49. The Morgan fingerprint density at radius 2 is 2.18 bits per heavy atom. The zero-order valence-corrected chi connectivity index (χ0v) is 17.4. The van der Waals surface area contributed by atoms with E-state index in [4.69, 9.17) is 0 Å². The number of fused-ring (bicyclic) bond motifs is 2. The first-order chi connectivity index (χ1) is 13.6. The van der Waals surface area contributed by atoms with Crippen LogP contribution in [0, 0.1) is 25.2 Å². The first kappa shape index (κ1) is 18.9. The molecule has 3 aromatic rings. The number of rotatable bonds is 5. The highest BCUT2D eigenvalue weighted by molar-refractivity contribution is 7.99. The van der Waals surface area contributed by atoms with E-state index in [1.807, 2.05) is 24.3 Å². The molecule has 0 fully saturated rings. The summed E-state index contributed by atoms with van der Waals surface area (Å²) >= 11 is 3.03. The first-order valence-corrected chi connectivity index (χ1v) is 11.0. The van der Waals surface area contributed by atoms with Crippen LogP contribution < -0.4 is 5.32 Å². The summed E-state index contributed by atoms with van der Waals surface area (Å²) in [6.07, 6.45) is 4.55. The van der Waals surface area contributed by atoms with Crippen LogP contribution in [0.1, 0.15) is 46.8 Å². The molecule has 0 saturated carbocycles. The van der Waals surface area contributed by atoms with Crippen molar-refractivity contribution >= 4 is 39.7 Å². The zero-order valence-electron chi connectivity index (χ0n) is 15.8. The van der Waals surface area contributed by atoms with Crippen LogP contribution in [-0.2, 0) is 17.6 Å². The van der Waals surface area contributed by atoms with E-state index in [0.29, 0.717) is 22.7 Å². The number of carbonyl (C=O) groups is 1. The number of nitriles is 1. The monoisotopic (exact) mass is 412 g/mol. The highest BCUT2D eigenvalue weighted by Crippen LogP contribution is 2.37. The molecule has 0 bridgehead atoms. The van der Waals surface area contributed by atoms with E-state index in [0.717, 1.165) is 53.6 Å². The van der Waals surface area contributed by atoms with E-state index < -0.39 is 0 Å². The number of hydrogen-bond acceptors (Lipinski definition) is 7. The number of aryl methyl sites for hydroxylation is 3. The molecule has 1 aliphatic rings. The summed E-state index contributed by atoms with van der Waals surface area (Å²) in [6.45, 7) is 3.85. The predicted octanol–water partition coefficient (Wildman–Crippen LogP) is 3.67. The number of amides is 1. The van der Waals surface area contributed by atoms with Crippen LogP contribution in [0.3, 0.4) is 0 Å². The van der Waals surface area contributed by atoms with Crippen LogP contribution >= 0.6 is 23.1 Å². The molecule has 9 heteroatoms. The number of nitrogens with zero attached hydrogens (tertiary/aromatic N) is 5. The van der Waals surface area contributed by atoms with Crippen molar-refractivity contribution in [2.45, 2.75) is 51.1 Å². The van der Waals surface area contributed by atoms with E-state index in [1.165, 1.54) is 16.6 Å². The van der Waals surface area contributed by atoms with Gasteiger partial charge in [-0.15, -0.1) is 21.5 Å². The Hall–Kier alpha value is -2.44. The molecule has 144 valence electrons. The van der Waals surface area contributed by atoms with Crippen molar-refractivity contribution in [3.63, 3.8) is 0 Å². The van der Waals surface area contributed by atoms with Crippen LogP contribution in [0.2, 0.25) is 0 Å². The second kappa shape index (κ2) is 7.89. The van der Waals surface area contributed by atoms with Crippen molar-refractivity contribution in [3.8, 4) is 6.07 Å². The second-order valence-corrected chi connectivity index (χ2v) is 8.96. The number of hydrogen-bond donors (Lipinski definition) is 1. The summed E-state index contributed by atoms with van der Waals surface area (Å²) in [5, 5.41) is 22.3. The molecule has 1 aliphatic carbocycles. The number of anilines is 1. The standard InChI is InChI=1S/C19H20N6OS2/c1-11-9-16-23-24-19(25(16)12(2)21-11)27-8-7-17(26)22-18-14(10-20)13-5-3-4-6-15(13)28-18/h9H,3-8H2,1-2H3,(H,22,26). The topological polar surface area (TPSA) is 96.0 Å². The summed E-state index contributed by atoms with van der Waals surface area (Å²) in [7, 11) is 0. The molecule has 3 heterocycles. The van der Waals surface area contributed by atoms with Gasteiger partial charge in [-0.2, -0.15) is 5.26 Å². The molecule has 3 aromatic heterocycles. The lowest BCUT2D eigenvalue weighted by Gasteiger charge is -2.09. The lowest BCUT2D eigenvalue weighted by molar-refractivity contribution is -0.115. The lowest BCUT2D eigenvalue weighted by atomic mass is 9.96. The Morgan fingerprint density at radius 1 is 1.36 bits per heavy atom. The summed E-state index contributed by atoms with van der Waals surface area (Å²) < 4.78 is 1.90. The number of thiophene rings is 1. The SMILES string of the molecule is Cc1cc2nnc(SCCC(=O)Nc3sc4c(c3C#N)CCCC4)n2c(C)n1. The van der Waals surface area contributed by atoms with Gasteiger partial charge in [0.15, 0.2) is 10.8 Å². The molecule has 0 radical (unpaired) electrons. The lowest BCUT2D eigenvalue weighted by Crippen LogP contribution is -2.12. The highest BCUT2D eigenvalue weighted by Gasteiger charge is 2.21. The van der Waals surface area contributed by atoms with Crippen molar-refractivity contribution < 1.29 is 4.79 Å². The van der Waals surface area contributed by atoms with Gasteiger partial charge in [0.05, 0.1) is 5.56 Å². The van der Waals surface area contributed by atoms with Gasteiger partial charge in [-0.05, 0) is 45.1 Å². The Morgan fingerprint density at radius 3 is 3.00 bits per heavy atom.